The largest absolute Gasteiger partial charge is 0.326 e. The van der Waals surface area contributed by atoms with Crippen LogP contribution < -0.4 is 10.6 Å². The van der Waals surface area contributed by atoms with E-state index in [1.807, 2.05) is 24.3 Å². The van der Waals surface area contributed by atoms with E-state index in [2.05, 4.69) is 10.6 Å². The van der Waals surface area contributed by atoms with E-state index in [-0.39, 0.29) is 17.6 Å². The molecule has 0 spiro atoms. The highest BCUT2D eigenvalue weighted by Crippen LogP contribution is 2.30. The molecule has 0 atom stereocenters. The molecule has 0 bridgehead atoms. The molecule has 2 aromatic carbocycles. The van der Waals surface area contributed by atoms with Gasteiger partial charge in [-0.15, -0.1) is 0 Å². The predicted molar refractivity (Wildman–Crippen MR) is 130 cm³/mol. The quantitative estimate of drug-likeness (QED) is 0.354. The number of hydrogen-bond acceptors (Lipinski definition) is 5. The lowest BCUT2D eigenvalue weighted by Gasteiger charge is -2.11. The number of hydrogen-bond donors (Lipinski definition) is 2. The van der Waals surface area contributed by atoms with E-state index in [1.165, 1.54) is 44.4 Å². The van der Waals surface area contributed by atoms with Crippen molar-refractivity contribution in [2.24, 2.45) is 5.92 Å². The molecule has 6 nitrogen and oxygen atoms in total. The Morgan fingerprint density at radius 2 is 1.66 bits per heavy atom. The Bertz CT molecular complexity index is 1090. The van der Waals surface area contributed by atoms with Gasteiger partial charge in [0.15, 0.2) is 0 Å². The molecule has 32 heavy (non-hydrogen) atoms. The van der Waals surface area contributed by atoms with Crippen molar-refractivity contribution in [2.75, 3.05) is 16.4 Å². The molecule has 166 valence electrons. The minimum absolute atomic E-state index is 0.0996. The van der Waals surface area contributed by atoms with Crippen LogP contribution in [0, 0.1) is 5.92 Å². The Morgan fingerprint density at radius 1 is 0.969 bits per heavy atom. The fourth-order valence-corrected chi connectivity index (χ4v) is 4.96. The monoisotopic (exact) mass is 448 g/mol. The van der Waals surface area contributed by atoms with Crippen LogP contribution in [0.1, 0.15) is 44.9 Å². The number of benzene rings is 2. The lowest BCUT2D eigenvalue weighted by Crippen LogP contribution is -2.14. The van der Waals surface area contributed by atoms with Crippen molar-refractivity contribution >= 4 is 45.9 Å². The molecule has 1 aliphatic carbocycles. The molecule has 1 saturated carbocycles. The number of aryl methyl sites for hydroxylation is 1. The van der Waals surface area contributed by atoms with Gasteiger partial charge in [-0.1, -0.05) is 55.6 Å². The Hall–Kier alpha value is -2.93. The summed E-state index contributed by atoms with van der Waals surface area (Å²) >= 11 is 1.44. The minimum Gasteiger partial charge on any atom is -0.326 e. The average Bonchev–Trinajstić information content (AvgIpc) is 3.31. The van der Waals surface area contributed by atoms with Crippen LogP contribution in [0.25, 0.3) is 10.9 Å². The van der Waals surface area contributed by atoms with Crippen molar-refractivity contribution in [3.05, 3.63) is 54.4 Å². The number of thioether (sulfide) groups is 1. The van der Waals surface area contributed by atoms with Crippen LogP contribution in [0.3, 0.4) is 0 Å². The van der Waals surface area contributed by atoms with Gasteiger partial charge in [0.1, 0.15) is 10.9 Å². The molecule has 3 aromatic rings. The fraction of sp³-hybridized carbons (Fsp3) is 0.360. The summed E-state index contributed by atoms with van der Waals surface area (Å²) in [6.07, 6.45) is 7.35. The molecule has 0 unspecified atom stereocenters. The second kappa shape index (κ2) is 10.6. The van der Waals surface area contributed by atoms with E-state index in [4.69, 9.17) is 9.97 Å². The van der Waals surface area contributed by atoms with Crippen molar-refractivity contribution in [3.8, 4) is 0 Å². The number of anilines is 2. The lowest BCUT2D eigenvalue weighted by molar-refractivity contribution is -0.114. The first-order chi connectivity index (χ1) is 15.6. The summed E-state index contributed by atoms with van der Waals surface area (Å²) in [6, 6.07) is 15.1. The molecule has 2 amide bonds. The van der Waals surface area contributed by atoms with Gasteiger partial charge in [-0.2, -0.15) is 0 Å². The summed E-state index contributed by atoms with van der Waals surface area (Å²) in [6.45, 7) is 1.46. The van der Waals surface area contributed by atoms with E-state index in [9.17, 15) is 9.59 Å². The molecule has 1 heterocycles. The van der Waals surface area contributed by atoms with Gasteiger partial charge in [0.05, 0.1) is 11.3 Å². The van der Waals surface area contributed by atoms with Crippen LogP contribution in [0.15, 0.2) is 53.6 Å². The van der Waals surface area contributed by atoms with Crippen LogP contribution in [-0.4, -0.2) is 27.5 Å². The van der Waals surface area contributed by atoms with Gasteiger partial charge in [0.2, 0.25) is 11.8 Å². The summed E-state index contributed by atoms with van der Waals surface area (Å²) < 4.78 is 0. The number of carbonyl (C=O) groups excluding carboxylic acids is 2. The second-order valence-corrected chi connectivity index (χ2v) is 9.21. The molecule has 0 radical (unpaired) electrons. The number of rotatable bonds is 8. The van der Waals surface area contributed by atoms with Gasteiger partial charge in [-0.3, -0.25) is 9.59 Å². The number of carbonyl (C=O) groups is 2. The van der Waals surface area contributed by atoms with Crippen molar-refractivity contribution in [3.63, 3.8) is 0 Å². The minimum atomic E-state index is -0.127. The Labute approximate surface area is 192 Å². The Morgan fingerprint density at radius 3 is 2.38 bits per heavy atom. The fourth-order valence-electron chi connectivity index (χ4n) is 4.12. The topological polar surface area (TPSA) is 84.0 Å². The molecule has 1 fully saturated rings. The molecule has 0 aliphatic heterocycles. The van der Waals surface area contributed by atoms with Crippen molar-refractivity contribution in [2.45, 2.75) is 50.5 Å². The summed E-state index contributed by atoms with van der Waals surface area (Å²) in [5.41, 5.74) is 2.32. The SMILES string of the molecule is CC(=O)Nc1ccc(NC(=O)CSc2nc(CCC3CCCC3)nc3ccccc23)cc1. The summed E-state index contributed by atoms with van der Waals surface area (Å²) in [5, 5.41) is 7.45. The van der Waals surface area contributed by atoms with E-state index >= 15 is 0 Å². The first kappa shape index (κ1) is 22.3. The first-order valence-corrected chi connectivity index (χ1v) is 12.1. The lowest BCUT2D eigenvalue weighted by atomic mass is 10.0. The highest BCUT2D eigenvalue weighted by atomic mass is 32.2. The molecular formula is C25H28N4O2S. The van der Waals surface area contributed by atoms with Gasteiger partial charge >= 0.3 is 0 Å². The highest BCUT2D eigenvalue weighted by molar-refractivity contribution is 8.00. The zero-order chi connectivity index (χ0) is 22.3. The van der Waals surface area contributed by atoms with Crippen molar-refractivity contribution in [1.29, 1.82) is 0 Å². The van der Waals surface area contributed by atoms with E-state index in [0.29, 0.717) is 11.4 Å². The summed E-state index contributed by atoms with van der Waals surface area (Å²) in [7, 11) is 0. The number of amides is 2. The van der Waals surface area contributed by atoms with Crippen LogP contribution in [0.5, 0.6) is 0 Å². The van der Waals surface area contributed by atoms with Crippen LogP contribution in [0.4, 0.5) is 11.4 Å². The van der Waals surface area contributed by atoms with Crippen LogP contribution >= 0.6 is 11.8 Å². The third-order valence-electron chi connectivity index (χ3n) is 5.69. The van der Waals surface area contributed by atoms with E-state index in [0.717, 1.165) is 40.5 Å². The predicted octanol–water partition coefficient (Wildman–Crippen LogP) is 5.44. The van der Waals surface area contributed by atoms with Crippen molar-refractivity contribution in [1.82, 2.24) is 9.97 Å². The second-order valence-electron chi connectivity index (χ2n) is 8.25. The molecule has 7 heteroatoms. The highest BCUT2D eigenvalue weighted by Gasteiger charge is 2.16. The van der Waals surface area contributed by atoms with E-state index < -0.39 is 0 Å². The third-order valence-corrected chi connectivity index (χ3v) is 6.69. The standard InChI is InChI=1S/C25H28N4O2S/c1-17(30)26-19-11-13-20(14-12-19)27-24(31)16-32-25-21-8-4-5-9-22(21)28-23(29-25)15-10-18-6-2-3-7-18/h4-5,8-9,11-14,18H,2-3,6-7,10,15-16H2,1H3,(H,26,30)(H,27,31). The summed E-state index contributed by atoms with van der Waals surface area (Å²) in [4.78, 5) is 33.2. The summed E-state index contributed by atoms with van der Waals surface area (Å²) in [5.74, 6) is 1.70. The smallest absolute Gasteiger partial charge is 0.234 e. The van der Waals surface area contributed by atoms with Gasteiger partial charge in [0, 0.05) is 30.1 Å². The molecule has 4 rings (SSSR count). The molecule has 1 aliphatic rings. The maximum Gasteiger partial charge on any atom is 0.234 e. The molecular weight excluding hydrogens is 420 g/mol. The number of nitrogens with one attached hydrogen (secondary N) is 2. The maximum atomic E-state index is 12.5. The molecule has 1 aromatic heterocycles. The average molecular weight is 449 g/mol. The van der Waals surface area contributed by atoms with Gasteiger partial charge in [-0.25, -0.2) is 9.97 Å². The van der Waals surface area contributed by atoms with E-state index in [1.54, 1.807) is 24.3 Å². The number of fused-ring (bicyclic) bond motifs is 1. The Kier molecular flexibility index (Phi) is 7.37. The number of aromatic nitrogens is 2. The van der Waals surface area contributed by atoms with Crippen LogP contribution in [-0.2, 0) is 16.0 Å². The molecule has 2 N–H and O–H groups in total. The maximum absolute atomic E-state index is 12.5. The number of para-hydroxylation sites is 1. The third kappa shape index (κ3) is 6.07. The van der Waals surface area contributed by atoms with Gasteiger partial charge in [0.25, 0.3) is 0 Å². The molecule has 0 saturated heterocycles. The van der Waals surface area contributed by atoms with Gasteiger partial charge in [-0.05, 0) is 42.7 Å². The zero-order valence-corrected chi connectivity index (χ0v) is 19.1. The van der Waals surface area contributed by atoms with Crippen molar-refractivity contribution < 1.29 is 9.59 Å². The van der Waals surface area contributed by atoms with Gasteiger partial charge < -0.3 is 10.6 Å². The zero-order valence-electron chi connectivity index (χ0n) is 18.3. The van der Waals surface area contributed by atoms with Crippen LogP contribution in [0.2, 0.25) is 0 Å². The first-order valence-electron chi connectivity index (χ1n) is 11.1. The Balaban J connectivity index is 1.40. The normalized spacial score (nSPS) is 13.9. The number of nitrogens with zero attached hydrogens (tertiary/aromatic N) is 2.